The van der Waals surface area contributed by atoms with Crippen molar-refractivity contribution in [2.24, 2.45) is 0 Å². The molecular formula is C18H18FN3O3. The zero-order valence-corrected chi connectivity index (χ0v) is 13.9. The van der Waals surface area contributed by atoms with Gasteiger partial charge in [0.15, 0.2) is 5.69 Å². The first-order valence-corrected chi connectivity index (χ1v) is 7.78. The summed E-state index contributed by atoms with van der Waals surface area (Å²) in [6.45, 7) is 2.03. The number of carbonyl (C=O) groups excluding carboxylic acids is 1. The predicted molar refractivity (Wildman–Crippen MR) is 88.5 cm³/mol. The molecule has 3 aromatic rings. The maximum absolute atomic E-state index is 13.1. The van der Waals surface area contributed by atoms with Crippen molar-refractivity contribution >= 4 is 5.91 Å². The second-order valence-corrected chi connectivity index (χ2v) is 5.63. The number of aromatic amines is 1. The van der Waals surface area contributed by atoms with Gasteiger partial charge in [-0.25, -0.2) is 4.39 Å². The molecule has 1 aromatic carbocycles. The van der Waals surface area contributed by atoms with Crippen molar-refractivity contribution in [2.45, 2.75) is 19.6 Å². The first kappa shape index (κ1) is 16.8. The van der Waals surface area contributed by atoms with Crippen molar-refractivity contribution in [3.05, 3.63) is 71.7 Å². The fourth-order valence-corrected chi connectivity index (χ4v) is 2.34. The van der Waals surface area contributed by atoms with Crippen molar-refractivity contribution in [2.75, 3.05) is 7.05 Å². The molecule has 0 aliphatic heterocycles. The smallest absolute Gasteiger partial charge is 0.274 e. The van der Waals surface area contributed by atoms with E-state index < -0.39 is 0 Å². The summed E-state index contributed by atoms with van der Waals surface area (Å²) in [5.41, 5.74) is 0.894. The van der Waals surface area contributed by atoms with Gasteiger partial charge in [0.2, 0.25) is 0 Å². The van der Waals surface area contributed by atoms with Crippen LogP contribution in [0.3, 0.4) is 0 Å². The van der Waals surface area contributed by atoms with Crippen LogP contribution in [0, 0.1) is 5.82 Å². The van der Waals surface area contributed by atoms with Gasteiger partial charge < -0.3 is 14.1 Å². The molecule has 25 heavy (non-hydrogen) atoms. The third-order valence-corrected chi connectivity index (χ3v) is 3.90. The van der Waals surface area contributed by atoms with Crippen molar-refractivity contribution < 1.29 is 18.3 Å². The van der Waals surface area contributed by atoms with Crippen molar-refractivity contribution in [3.63, 3.8) is 0 Å². The molecule has 6 nitrogen and oxygen atoms in total. The lowest BCUT2D eigenvalue weighted by molar-refractivity contribution is 0.0720. The largest absolute Gasteiger partial charge is 0.487 e. The van der Waals surface area contributed by atoms with Crippen molar-refractivity contribution in [1.82, 2.24) is 15.1 Å². The second-order valence-electron chi connectivity index (χ2n) is 5.63. The number of amides is 1. The van der Waals surface area contributed by atoms with E-state index in [2.05, 4.69) is 10.2 Å². The van der Waals surface area contributed by atoms with Gasteiger partial charge in [0, 0.05) is 13.1 Å². The van der Waals surface area contributed by atoms with E-state index in [4.69, 9.17) is 9.15 Å². The highest BCUT2D eigenvalue weighted by molar-refractivity contribution is 5.92. The van der Waals surface area contributed by atoms with Crippen LogP contribution in [0.25, 0.3) is 0 Å². The first-order chi connectivity index (χ1) is 12.0. The number of ether oxygens (including phenoxy) is 1. The highest BCUT2D eigenvalue weighted by Crippen LogP contribution is 2.21. The number of rotatable bonds is 6. The molecule has 0 unspecified atom stereocenters. The van der Waals surface area contributed by atoms with Crippen LogP contribution in [0.15, 0.2) is 53.1 Å². The van der Waals surface area contributed by atoms with E-state index >= 15 is 0 Å². The van der Waals surface area contributed by atoms with Crippen LogP contribution in [0.1, 0.15) is 34.9 Å². The minimum atomic E-state index is -0.369. The third kappa shape index (κ3) is 3.88. The van der Waals surface area contributed by atoms with E-state index in [-0.39, 0.29) is 30.1 Å². The molecule has 7 heteroatoms. The molecule has 0 radical (unpaired) electrons. The fraction of sp³-hybridized carbons (Fsp3) is 0.222. The Hall–Kier alpha value is -3.09. The molecule has 0 aliphatic rings. The minimum absolute atomic E-state index is 0.154. The Morgan fingerprint density at radius 1 is 1.36 bits per heavy atom. The zero-order valence-electron chi connectivity index (χ0n) is 13.9. The van der Waals surface area contributed by atoms with Crippen LogP contribution < -0.4 is 4.74 Å². The topological polar surface area (TPSA) is 71.4 Å². The summed E-state index contributed by atoms with van der Waals surface area (Å²) in [7, 11) is 1.69. The van der Waals surface area contributed by atoms with Crippen molar-refractivity contribution in [3.8, 4) is 5.75 Å². The van der Waals surface area contributed by atoms with Crippen LogP contribution in [0.4, 0.5) is 4.39 Å². The molecule has 2 aromatic heterocycles. The lowest BCUT2D eigenvalue weighted by atomic mass is 10.2. The van der Waals surface area contributed by atoms with E-state index in [1.807, 2.05) is 13.0 Å². The summed E-state index contributed by atoms with van der Waals surface area (Å²) < 4.78 is 23.9. The third-order valence-electron chi connectivity index (χ3n) is 3.90. The van der Waals surface area contributed by atoms with Gasteiger partial charge in [-0.1, -0.05) is 6.07 Å². The van der Waals surface area contributed by atoms with Gasteiger partial charge in [-0.15, -0.1) is 0 Å². The summed E-state index contributed by atoms with van der Waals surface area (Å²) >= 11 is 0. The van der Waals surface area contributed by atoms with Gasteiger partial charge in [-0.3, -0.25) is 9.89 Å². The monoisotopic (exact) mass is 343 g/mol. The normalized spacial score (nSPS) is 12.0. The van der Waals surface area contributed by atoms with Crippen molar-refractivity contribution in [1.29, 1.82) is 0 Å². The van der Waals surface area contributed by atoms with E-state index in [1.165, 1.54) is 12.1 Å². The summed E-state index contributed by atoms with van der Waals surface area (Å²) in [4.78, 5) is 14.1. The number of furan rings is 1. The lowest BCUT2D eigenvalue weighted by Gasteiger charge is -2.22. The van der Waals surface area contributed by atoms with Gasteiger partial charge in [0.1, 0.15) is 23.9 Å². The number of carbonyl (C=O) groups is 1. The minimum Gasteiger partial charge on any atom is -0.487 e. The number of nitrogens with zero attached hydrogens (tertiary/aromatic N) is 2. The van der Waals surface area contributed by atoms with Gasteiger partial charge in [-0.2, -0.15) is 5.10 Å². The van der Waals surface area contributed by atoms with E-state index in [1.54, 1.807) is 42.5 Å². The number of aromatic nitrogens is 2. The number of hydrogen-bond donors (Lipinski definition) is 1. The molecule has 1 atom stereocenters. The van der Waals surface area contributed by atoms with E-state index in [9.17, 15) is 9.18 Å². The second kappa shape index (κ2) is 7.21. The number of halogens is 1. The number of nitrogens with one attached hydrogen (secondary N) is 1. The van der Waals surface area contributed by atoms with Crippen LogP contribution >= 0.6 is 0 Å². The Morgan fingerprint density at radius 2 is 2.20 bits per heavy atom. The van der Waals surface area contributed by atoms with Crippen LogP contribution in [0.2, 0.25) is 0 Å². The average Bonchev–Trinajstić information content (AvgIpc) is 3.30. The Morgan fingerprint density at radius 3 is 2.92 bits per heavy atom. The fourth-order valence-electron chi connectivity index (χ4n) is 2.34. The summed E-state index contributed by atoms with van der Waals surface area (Å²) in [6, 6.07) is 10.9. The molecule has 130 valence electrons. The predicted octanol–water partition coefficient (Wildman–Crippen LogP) is 3.55. The Kier molecular flexibility index (Phi) is 4.83. The van der Waals surface area contributed by atoms with Gasteiger partial charge >= 0.3 is 0 Å². The number of H-pyrrole nitrogens is 1. The molecule has 0 saturated heterocycles. The van der Waals surface area contributed by atoms with Gasteiger partial charge in [0.25, 0.3) is 5.91 Å². The molecule has 0 spiro atoms. The summed E-state index contributed by atoms with van der Waals surface area (Å²) in [5.74, 6) is 0.496. The Labute approximate surface area is 144 Å². The van der Waals surface area contributed by atoms with Crippen LogP contribution in [-0.4, -0.2) is 28.1 Å². The molecule has 0 aliphatic carbocycles. The molecule has 0 bridgehead atoms. The lowest BCUT2D eigenvalue weighted by Crippen LogP contribution is -2.29. The quantitative estimate of drug-likeness (QED) is 0.743. The molecule has 0 fully saturated rings. The maximum Gasteiger partial charge on any atom is 0.274 e. The first-order valence-electron chi connectivity index (χ1n) is 7.78. The van der Waals surface area contributed by atoms with Crippen LogP contribution in [-0.2, 0) is 6.61 Å². The highest BCUT2D eigenvalue weighted by Gasteiger charge is 2.22. The Bertz CT molecular complexity index is 845. The Balaban J connectivity index is 1.63. The van der Waals surface area contributed by atoms with Gasteiger partial charge in [-0.05, 0) is 37.3 Å². The molecule has 2 heterocycles. The highest BCUT2D eigenvalue weighted by atomic mass is 19.1. The summed E-state index contributed by atoms with van der Waals surface area (Å²) in [6.07, 6.45) is 1.57. The van der Waals surface area contributed by atoms with E-state index in [0.717, 1.165) is 0 Å². The SMILES string of the molecule is C[C@@H](c1ccco1)N(C)C(=O)c1cc(COc2cccc(F)c2)[nH]n1. The molecular weight excluding hydrogens is 325 g/mol. The average molecular weight is 343 g/mol. The van der Waals surface area contributed by atoms with Gasteiger partial charge in [0.05, 0.1) is 18.0 Å². The summed E-state index contributed by atoms with van der Waals surface area (Å²) in [5, 5.41) is 6.79. The zero-order chi connectivity index (χ0) is 17.8. The molecule has 3 rings (SSSR count). The molecule has 1 N–H and O–H groups in total. The van der Waals surface area contributed by atoms with Crippen LogP contribution in [0.5, 0.6) is 5.75 Å². The standard InChI is InChI=1S/C18H18FN3O3/c1-12(17-7-4-8-24-17)22(2)18(23)16-10-14(20-21-16)11-25-15-6-3-5-13(19)9-15/h3-10,12H,11H2,1-2H3,(H,20,21)/t12-/m0/s1. The number of hydrogen-bond acceptors (Lipinski definition) is 4. The molecule has 1 amide bonds. The number of benzene rings is 1. The van der Waals surface area contributed by atoms with E-state index in [0.29, 0.717) is 17.2 Å². The maximum atomic E-state index is 13.1. The molecule has 0 saturated carbocycles.